The average molecular weight is 442 g/mol. The summed E-state index contributed by atoms with van der Waals surface area (Å²) < 4.78 is 15.2. The molecule has 1 fully saturated rings. The summed E-state index contributed by atoms with van der Waals surface area (Å²) in [6, 6.07) is -1.16. The quantitative estimate of drug-likeness (QED) is 0.287. The van der Waals surface area contributed by atoms with Crippen molar-refractivity contribution >= 4 is 29.9 Å². The Morgan fingerprint density at radius 1 is 1.13 bits per heavy atom. The van der Waals surface area contributed by atoms with Gasteiger partial charge in [-0.2, -0.15) is 0 Å². The third kappa shape index (κ3) is 9.96. The minimum absolute atomic E-state index is 0.00969. The first-order valence-electron chi connectivity index (χ1n) is 9.88. The number of carboxylic acid groups (broad SMARTS) is 1. The zero-order valence-corrected chi connectivity index (χ0v) is 18.0. The fourth-order valence-corrected chi connectivity index (χ4v) is 2.72. The number of esters is 2. The number of nitrogens with one attached hydrogen (secondary N) is 1. The third-order valence-corrected chi connectivity index (χ3v) is 4.04. The molecule has 11 heteroatoms. The van der Waals surface area contributed by atoms with Crippen molar-refractivity contribution in [1.29, 1.82) is 0 Å². The molecule has 1 aliphatic rings. The van der Waals surface area contributed by atoms with E-state index in [2.05, 4.69) is 11.9 Å². The average Bonchev–Trinajstić information content (AvgIpc) is 3.07. The molecule has 2 N–H and O–H groups in total. The van der Waals surface area contributed by atoms with Gasteiger partial charge in [0.05, 0.1) is 19.4 Å². The fourth-order valence-electron chi connectivity index (χ4n) is 2.72. The van der Waals surface area contributed by atoms with Crippen LogP contribution in [0.4, 0.5) is 4.79 Å². The molecule has 2 amide bonds. The lowest BCUT2D eigenvalue weighted by atomic mass is 10.2. The summed E-state index contributed by atoms with van der Waals surface area (Å²) in [5.74, 6) is -2.82. The van der Waals surface area contributed by atoms with Gasteiger partial charge in [0.25, 0.3) is 0 Å². The number of likely N-dealkylation sites (tertiary alicyclic amines) is 1. The van der Waals surface area contributed by atoms with Gasteiger partial charge in [-0.15, -0.1) is 0 Å². The van der Waals surface area contributed by atoms with E-state index in [1.807, 2.05) is 0 Å². The highest BCUT2D eigenvalue weighted by Crippen LogP contribution is 2.23. The second kappa shape index (κ2) is 11.9. The van der Waals surface area contributed by atoms with Gasteiger partial charge < -0.3 is 24.6 Å². The molecule has 0 spiro atoms. The van der Waals surface area contributed by atoms with Crippen LogP contribution in [0.25, 0.3) is 0 Å². The maximum Gasteiger partial charge on any atom is 0.411 e. The minimum Gasteiger partial charge on any atom is -0.480 e. The van der Waals surface area contributed by atoms with Crippen LogP contribution in [-0.4, -0.2) is 77.4 Å². The first kappa shape index (κ1) is 25.9. The lowest BCUT2D eigenvalue weighted by Gasteiger charge is -2.26. The molecule has 1 saturated heterocycles. The van der Waals surface area contributed by atoms with Gasteiger partial charge >= 0.3 is 24.0 Å². The van der Waals surface area contributed by atoms with Crippen molar-refractivity contribution in [1.82, 2.24) is 10.2 Å². The Labute approximate surface area is 180 Å². The number of hydrogen-bond donors (Lipinski definition) is 2. The van der Waals surface area contributed by atoms with Crippen LogP contribution in [-0.2, 0) is 33.4 Å². The first-order valence-corrected chi connectivity index (χ1v) is 9.88. The van der Waals surface area contributed by atoms with Crippen molar-refractivity contribution in [2.75, 3.05) is 19.7 Å². The van der Waals surface area contributed by atoms with Crippen molar-refractivity contribution in [2.24, 2.45) is 0 Å². The Balaban J connectivity index is 2.40. The Morgan fingerprint density at radius 3 is 2.39 bits per heavy atom. The van der Waals surface area contributed by atoms with Gasteiger partial charge in [-0.3, -0.25) is 19.3 Å². The van der Waals surface area contributed by atoms with E-state index < -0.39 is 47.7 Å². The molecule has 31 heavy (non-hydrogen) atoms. The molecular formula is C20H30N2O9. The summed E-state index contributed by atoms with van der Waals surface area (Å²) in [5, 5.41) is 11.8. The SMILES string of the molecule is C=CCOC(=O)CCC(=O)NCCC(=O)O[C@@H]1C[C@@H](C(=O)O)N(C(=O)OC(C)(C)C)C1. The van der Waals surface area contributed by atoms with Gasteiger partial charge in [0.1, 0.15) is 24.4 Å². The molecular weight excluding hydrogens is 412 g/mol. The Bertz CT molecular complexity index is 699. The van der Waals surface area contributed by atoms with E-state index in [1.54, 1.807) is 20.8 Å². The van der Waals surface area contributed by atoms with Crippen LogP contribution >= 0.6 is 0 Å². The molecule has 0 radical (unpaired) electrons. The van der Waals surface area contributed by atoms with E-state index >= 15 is 0 Å². The van der Waals surface area contributed by atoms with Gasteiger partial charge in [-0.1, -0.05) is 12.7 Å². The van der Waals surface area contributed by atoms with Gasteiger partial charge in [0.15, 0.2) is 0 Å². The predicted octanol–water partition coefficient (Wildman–Crippen LogP) is 1.01. The number of amides is 2. The second-order valence-electron chi connectivity index (χ2n) is 7.91. The van der Waals surface area contributed by atoms with Crippen molar-refractivity contribution in [3.05, 3.63) is 12.7 Å². The third-order valence-electron chi connectivity index (χ3n) is 4.04. The zero-order chi connectivity index (χ0) is 23.6. The molecule has 0 saturated carbocycles. The van der Waals surface area contributed by atoms with Crippen LogP contribution in [0.5, 0.6) is 0 Å². The minimum atomic E-state index is -1.22. The number of nitrogens with zero attached hydrogens (tertiary/aromatic N) is 1. The molecule has 0 aromatic carbocycles. The van der Waals surface area contributed by atoms with E-state index in [0.717, 1.165) is 4.90 Å². The molecule has 0 unspecified atom stereocenters. The van der Waals surface area contributed by atoms with E-state index in [0.29, 0.717) is 0 Å². The molecule has 1 rings (SSSR count). The topological polar surface area (TPSA) is 149 Å². The van der Waals surface area contributed by atoms with Gasteiger partial charge in [0.2, 0.25) is 5.91 Å². The predicted molar refractivity (Wildman–Crippen MR) is 107 cm³/mol. The number of aliphatic carboxylic acids is 1. The number of carbonyl (C=O) groups is 5. The second-order valence-corrected chi connectivity index (χ2v) is 7.91. The highest BCUT2D eigenvalue weighted by atomic mass is 16.6. The molecule has 0 aromatic rings. The summed E-state index contributed by atoms with van der Waals surface area (Å²) in [6.45, 7) is 8.35. The summed E-state index contributed by atoms with van der Waals surface area (Å²) in [6.07, 6.45) is -0.553. The molecule has 11 nitrogen and oxygen atoms in total. The van der Waals surface area contributed by atoms with Crippen LogP contribution in [0.3, 0.4) is 0 Å². The van der Waals surface area contributed by atoms with Gasteiger partial charge in [-0.25, -0.2) is 9.59 Å². The largest absolute Gasteiger partial charge is 0.480 e. The Hall–Kier alpha value is -3.11. The Kier molecular flexibility index (Phi) is 9.97. The summed E-state index contributed by atoms with van der Waals surface area (Å²) in [7, 11) is 0. The maximum atomic E-state index is 12.2. The zero-order valence-electron chi connectivity index (χ0n) is 18.0. The number of ether oxygens (including phenoxy) is 3. The first-order chi connectivity index (χ1) is 14.4. The molecule has 0 aliphatic carbocycles. The van der Waals surface area contributed by atoms with Crippen LogP contribution in [0, 0.1) is 0 Å². The van der Waals surface area contributed by atoms with E-state index in [9.17, 15) is 29.1 Å². The standard InChI is InChI=1S/C20H30N2O9/c1-5-10-29-16(24)7-6-15(23)21-9-8-17(25)30-13-11-14(18(26)27)22(12-13)19(28)31-20(2,3)4/h5,13-14H,1,6-12H2,2-4H3,(H,21,23)(H,26,27)/t13-,14+/m1/s1. The summed E-state index contributed by atoms with van der Waals surface area (Å²) in [5.41, 5.74) is -0.796. The van der Waals surface area contributed by atoms with Crippen LogP contribution in [0.2, 0.25) is 0 Å². The van der Waals surface area contributed by atoms with Crippen molar-refractivity contribution in [3.8, 4) is 0 Å². The molecule has 1 heterocycles. The highest BCUT2D eigenvalue weighted by Gasteiger charge is 2.43. The Morgan fingerprint density at radius 2 is 1.81 bits per heavy atom. The molecule has 0 aromatic heterocycles. The van der Waals surface area contributed by atoms with Crippen molar-refractivity contribution in [2.45, 2.75) is 64.2 Å². The highest BCUT2D eigenvalue weighted by molar-refractivity contribution is 5.82. The molecule has 0 bridgehead atoms. The number of hydrogen-bond acceptors (Lipinski definition) is 8. The van der Waals surface area contributed by atoms with E-state index in [1.165, 1.54) is 6.08 Å². The maximum absolute atomic E-state index is 12.2. The fraction of sp³-hybridized carbons (Fsp3) is 0.650. The van der Waals surface area contributed by atoms with Crippen LogP contribution in [0.1, 0.15) is 46.5 Å². The monoisotopic (exact) mass is 442 g/mol. The van der Waals surface area contributed by atoms with E-state index in [-0.39, 0.29) is 45.4 Å². The van der Waals surface area contributed by atoms with Gasteiger partial charge in [-0.05, 0) is 20.8 Å². The van der Waals surface area contributed by atoms with Crippen LogP contribution in [0.15, 0.2) is 12.7 Å². The normalized spacial score (nSPS) is 18.1. The van der Waals surface area contributed by atoms with Crippen LogP contribution < -0.4 is 5.32 Å². The van der Waals surface area contributed by atoms with Crippen molar-refractivity contribution < 1.29 is 43.3 Å². The lowest BCUT2D eigenvalue weighted by Crippen LogP contribution is -2.43. The number of carbonyl (C=O) groups excluding carboxylic acids is 4. The van der Waals surface area contributed by atoms with Crippen molar-refractivity contribution in [3.63, 3.8) is 0 Å². The molecule has 2 atom stereocenters. The van der Waals surface area contributed by atoms with E-state index in [4.69, 9.17) is 14.2 Å². The number of rotatable bonds is 10. The number of carboxylic acids is 1. The lowest BCUT2D eigenvalue weighted by molar-refractivity contribution is -0.149. The summed E-state index contributed by atoms with van der Waals surface area (Å²) in [4.78, 5) is 59.7. The molecule has 1 aliphatic heterocycles. The summed E-state index contributed by atoms with van der Waals surface area (Å²) >= 11 is 0. The van der Waals surface area contributed by atoms with Gasteiger partial charge in [0, 0.05) is 19.4 Å². The molecule has 174 valence electrons. The smallest absolute Gasteiger partial charge is 0.411 e.